The Balaban J connectivity index is 2.01. The quantitative estimate of drug-likeness (QED) is 0.798. The standard InChI is InChI=1S/C14H17ClN2S2/c1-2-3-12-13(8-16)19-14(17-12)9-18-11-6-4-10(15)5-7-11/h4-7H,2-3,8-9,16H2,1H3. The second-order valence-corrected chi connectivity index (χ2v) is 6.83. The third-order valence-electron chi connectivity index (χ3n) is 2.67. The molecule has 0 bridgehead atoms. The van der Waals surface area contributed by atoms with E-state index in [0.29, 0.717) is 6.54 Å². The molecule has 2 N–H and O–H groups in total. The van der Waals surface area contributed by atoms with E-state index in [-0.39, 0.29) is 0 Å². The van der Waals surface area contributed by atoms with Gasteiger partial charge in [0.1, 0.15) is 5.01 Å². The summed E-state index contributed by atoms with van der Waals surface area (Å²) in [5, 5.41) is 1.93. The van der Waals surface area contributed by atoms with Crippen molar-refractivity contribution >= 4 is 34.7 Å². The molecule has 2 rings (SSSR count). The lowest BCUT2D eigenvalue weighted by molar-refractivity contribution is 0.866. The molecule has 2 aromatic rings. The number of hydrogen-bond acceptors (Lipinski definition) is 4. The highest BCUT2D eigenvalue weighted by molar-refractivity contribution is 7.98. The number of halogens is 1. The molecule has 0 atom stereocenters. The Morgan fingerprint density at radius 1 is 1.32 bits per heavy atom. The summed E-state index contributed by atoms with van der Waals surface area (Å²) in [7, 11) is 0. The van der Waals surface area contributed by atoms with Crippen molar-refractivity contribution in [3.8, 4) is 0 Å². The molecule has 0 fully saturated rings. The van der Waals surface area contributed by atoms with Gasteiger partial charge in [0.05, 0.1) is 11.4 Å². The third-order valence-corrected chi connectivity index (χ3v) is 5.25. The van der Waals surface area contributed by atoms with Crippen molar-refractivity contribution in [3.05, 3.63) is 44.9 Å². The van der Waals surface area contributed by atoms with Crippen molar-refractivity contribution < 1.29 is 0 Å². The average molecular weight is 313 g/mol. The van der Waals surface area contributed by atoms with E-state index >= 15 is 0 Å². The summed E-state index contributed by atoms with van der Waals surface area (Å²) < 4.78 is 0. The molecule has 0 unspecified atom stereocenters. The molecule has 102 valence electrons. The molecule has 2 nitrogen and oxygen atoms in total. The summed E-state index contributed by atoms with van der Waals surface area (Å²) in [6.45, 7) is 2.76. The van der Waals surface area contributed by atoms with Gasteiger partial charge in [-0.3, -0.25) is 0 Å². The Morgan fingerprint density at radius 2 is 2.05 bits per heavy atom. The van der Waals surface area contributed by atoms with E-state index in [4.69, 9.17) is 22.3 Å². The largest absolute Gasteiger partial charge is 0.326 e. The van der Waals surface area contributed by atoms with E-state index in [1.807, 2.05) is 24.3 Å². The minimum absolute atomic E-state index is 0.596. The van der Waals surface area contributed by atoms with Crippen LogP contribution in [0.2, 0.25) is 5.02 Å². The predicted molar refractivity (Wildman–Crippen MR) is 85.0 cm³/mol. The van der Waals surface area contributed by atoms with Crippen molar-refractivity contribution in [2.45, 2.75) is 37.0 Å². The zero-order valence-electron chi connectivity index (χ0n) is 10.9. The fraction of sp³-hybridized carbons (Fsp3) is 0.357. The van der Waals surface area contributed by atoms with Crippen molar-refractivity contribution in [2.24, 2.45) is 5.73 Å². The molecule has 0 aliphatic heterocycles. The van der Waals surface area contributed by atoms with Crippen LogP contribution in [-0.4, -0.2) is 4.98 Å². The maximum absolute atomic E-state index is 5.87. The number of thioether (sulfide) groups is 1. The van der Waals surface area contributed by atoms with Crippen LogP contribution in [0.15, 0.2) is 29.2 Å². The fourth-order valence-corrected chi connectivity index (χ4v) is 3.78. The minimum atomic E-state index is 0.596. The molecule has 1 heterocycles. The molecular formula is C14H17ClN2S2. The Bertz CT molecular complexity index is 523. The number of nitrogens with zero attached hydrogens (tertiary/aromatic N) is 1. The zero-order valence-corrected chi connectivity index (χ0v) is 13.2. The molecule has 0 saturated carbocycles. The summed E-state index contributed by atoms with van der Waals surface area (Å²) in [5.41, 5.74) is 6.95. The highest BCUT2D eigenvalue weighted by Crippen LogP contribution is 2.28. The molecule has 0 saturated heterocycles. The van der Waals surface area contributed by atoms with Crippen molar-refractivity contribution in [1.82, 2.24) is 4.98 Å². The van der Waals surface area contributed by atoms with Crippen LogP contribution < -0.4 is 5.73 Å². The molecule has 0 aliphatic rings. The molecule has 0 radical (unpaired) electrons. The van der Waals surface area contributed by atoms with Crippen LogP contribution in [-0.2, 0) is 18.7 Å². The van der Waals surface area contributed by atoms with Gasteiger partial charge in [0, 0.05) is 21.3 Å². The van der Waals surface area contributed by atoms with Gasteiger partial charge in [-0.05, 0) is 30.7 Å². The number of hydrogen-bond donors (Lipinski definition) is 1. The summed E-state index contributed by atoms with van der Waals surface area (Å²) in [5.74, 6) is 0.892. The van der Waals surface area contributed by atoms with Crippen molar-refractivity contribution in [2.75, 3.05) is 0 Å². The van der Waals surface area contributed by atoms with Gasteiger partial charge < -0.3 is 5.73 Å². The monoisotopic (exact) mass is 312 g/mol. The summed E-state index contributed by atoms with van der Waals surface area (Å²) in [6, 6.07) is 7.91. The molecule has 0 spiro atoms. The van der Waals surface area contributed by atoms with E-state index in [2.05, 4.69) is 6.92 Å². The number of aromatic nitrogens is 1. The first-order valence-electron chi connectivity index (χ1n) is 6.28. The van der Waals surface area contributed by atoms with E-state index in [1.165, 1.54) is 15.5 Å². The SMILES string of the molecule is CCCc1nc(CSc2ccc(Cl)cc2)sc1CN. The van der Waals surface area contributed by atoms with Gasteiger partial charge in [-0.2, -0.15) is 0 Å². The van der Waals surface area contributed by atoms with Crippen LogP contribution in [0.1, 0.15) is 28.9 Å². The van der Waals surface area contributed by atoms with Gasteiger partial charge in [-0.25, -0.2) is 4.98 Å². The van der Waals surface area contributed by atoms with E-state index in [1.54, 1.807) is 23.1 Å². The van der Waals surface area contributed by atoms with Gasteiger partial charge in [0.2, 0.25) is 0 Å². The lowest BCUT2D eigenvalue weighted by Gasteiger charge is -1.98. The van der Waals surface area contributed by atoms with Gasteiger partial charge in [-0.1, -0.05) is 24.9 Å². The Labute approximate surface area is 127 Å². The lowest BCUT2D eigenvalue weighted by Crippen LogP contribution is -1.97. The maximum Gasteiger partial charge on any atom is 0.103 e. The van der Waals surface area contributed by atoms with Crippen LogP contribution in [0, 0.1) is 0 Å². The zero-order chi connectivity index (χ0) is 13.7. The number of benzene rings is 1. The smallest absolute Gasteiger partial charge is 0.103 e. The Morgan fingerprint density at radius 3 is 2.68 bits per heavy atom. The normalized spacial score (nSPS) is 10.9. The van der Waals surface area contributed by atoms with Crippen molar-refractivity contribution in [3.63, 3.8) is 0 Å². The molecule has 5 heteroatoms. The number of thiazole rings is 1. The van der Waals surface area contributed by atoms with Crippen LogP contribution in [0.4, 0.5) is 0 Å². The minimum Gasteiger partial charge on any atom is -0.326 e. The summed E-state index contributed by atoms with van der Waals surface area (Å²) >= 11 is 9.39. The van der Waals surface area contributed by atoms with E-state index in [0.717, 1.165) is 28.6 Å². The fourth-order valence-electron chi connectivity index (χ4n) is 1.77. The number of aryl methyl sites for hydroxylation is 1. The molecule has 1 aromatic heterocycles. The van der Waals surface area contributed by atoms with Crippen LogP contribution in [0.25, 0.3) is 0 Å². The molecular weight excluding hydrogens is 296 g/mol. The Hall–Kier alpha value is -0.550. The second kappa shape index (κ2) is 7.29. The second-order valence-electron chi connectivity index (χ2n) is 4.17. The van der Waals surface area contributed by atoms with Crippen molar-refractivity contribution in [1.29, 1.82) is 0 Å². The van der Waals surface area contributed by atoms with Crippen LogP contribution >= 0.6 is 34.7 Å². The lowest BCUT2D eigenvalue weighted by atomic mass is 10.2. The van der Waals surface area contributed by atoms with Gasteiger partial charge in [0.15, 0.2) is 0 Å². The number of nitrogens with two attached hydrogens (primary N) is 1. The van der Waals surface area contributed by atoms with Crippen LogP contribution in [0.5, 0.6) is 0 Å². The molecule has 1 aromatic carbocycles. The topological polar surface area (TPSA) is 38.9 Å². The highest BCUT2D eigenvalue weighted by atomic mass is 35.5. The first-order valence-corrected chi connectivity index (χ1v) is 8.46. The summed E-state index contributed by atoms with van der Waals surface area (Å²) in [6.07, 6.45) is 2.13. The Kier molecular flexibility index (Phi) is 5.70. The maximum atomic E-state index is 5.87. The third kappa shape index (κ3) is 4.21. The summed E-state index contributed by atoms with van der Waals surface area (Å²) in [4.78, 5) is 7.14. The van der Waals surface area contributed by atoms with Crippen LogP contribution in [0.3, 0.4) is 0 Å². The average Bonchev–Trinajstić information content (AvgIpc) is 2.81. The predicted octanol–water partition coefficient (Wildman–Crippen LogP) is 4.50. The highest BCUT2D eigenvalue weighted by Gasteiger charge is 2.09. The molecule has 0 aliphatic carbocycles. The first-order chi connectivity index (χ1) is 9.22. The first kappa shape index (κ1) is 14.9. The number of rotatable bonds is 6. The van der Waals surface area contributed by atoms with Gasteiger partial charge in [-0.15, -0.1) is 23.1 Å². The van der Waals surface area contributed by atoms with E-state index in [9.17, 15) is 0 Å². The van der Waals surface area contributed by atoms with E-state index < -0.39 is 0 Å². The molecule has 0 amide bonds. The van der Waals surface area contributed by atoms with Gasteiger partial charge >= 0.3 is 0 Å². The van der Waals surface area contributed by atoms with Gasteiger partial charge in [0.25, 0.3) is 0 Å². The molecule has 19 heavy (non-hydrogen) atoms.